The first-order chi connectivity index (χ1) is 10.4. The maximum atomic E-state index is 12.7. The number of hydrogen-bond donors (Lipinski definition) is 0. The Labute approximate surface area is 131 Å². The van der Waals surface area contributed by atoms with E-state index in [-0.39, 0.29) is 6.54 Å². The number of hydrogen-bond acceptors (Lipinski definition) is 4. The van der Waals surface area contributed by atoms with Crippen LogP contribution in [-0.2, 0) is 12.7 Å². The van der Waals surface area contributed by atoms with E-state index in [1.54, 1.807) is 16.7 Å². The third kappa shape index (κ3) is 2.97. The summed E-state index contributed by atoms with van der Waals surface area (Å²) in [5.74, 6) is 0. The summed E-state index contributed by atoms with van der Waals surface area (Å²) >= 11 is 2.94. The summed E-state index contributed by atoms with van der Waals surface area (Å²) in [5.41, 5.74) is -0.686. The lowest BCUT2D eigenvalue weighted by atomic mass is 10.2. The topological polar surface area (TPSA) is 34.9 Å². The van der Waals surface area contributed by atoms with Crippen LogP contribution in [0.25, 0.3) is 10.6 Å². The zero-order valence-corrected chi connectivity index (χ0v) is 12.6. The van der Waals surface area contributed by atoms with Crippen molar-refractivity contribution in [2.45, 2.75) is 12.7 Å². The summed E-state index contributed by atoms with van der Waals surface area (Å²) in [4.78, 5) is 16.2. The molecule has 8 heteroatoms. The molecule has 0 aliphatic heterocycles. The summed E-state index contributed by atoms with van der Waals surface area (Å²) in [5, 5.41) is 6.41. The van der Waals surface area contributed by atoms with Gasteiger partial charge in [0.25, 0.3) is 5.56 Å². The van der Waals surface area contributed by atoms with Gasteiger partial charge >= 0.3 is 6.18 Å². The van der Waals surface area contributed by atoms with Crippen LogP contribution < -0.4 is 5.56 Å². The van der Waals surface area contributed by atoms with E-state index in [2.05, 4.69) is 4.98 Å². The van der Waals surface area contributed by atoms with Crippen molar-refractivity contribution in [3.63, 3.8) is 0 Å². The molecular weight excluding hydrogens is 333 g/mol. The average Bonchev–Trinajstić information content (AvgIpc) is 3.10. The number of rotatable bonds is 3. The second kappa shape index (κ2) is 5.69. The zero-order chi connectivity index (χ0) is 15.7. The largest absolute Gasteiger partial charge is 0.421 e. The number of aromatic nitrogens is 2. The van der Waals surface area contributed by atoms with Gasteiger partial charge in [-0.05, 0) is 23.6 Å². The molecule has 0 N–H and O–H groups in total. The Balaban J connectivity index is 1.90. The van der Waals surface area contributed by atoms with Crippen LogP contribution in [0.1, 0.15) is 11.3 Å². The van der Waals surface area contributed by atoms with Crippen LogP contribution >= 0.6 is 22.7 Å². The molecule has 3 rings (SSSR count). The quantitative estimate of drug-likeness (QED) is 0.718. The molecule has 3 aromatic heterocycles. The van der Waals surface area contributed by atoms with E-state index in [9.17, 15) is 18.0 Å². The van der Waals surface area contributed by atoms with Crippen LogP contribution in [-0.4, -0.2) is 9.55 Å². The third-order valence-electron chi connectivity index (χ3n) is 2.98. The number of pyridine rings is 1. The fraction of sp³-hybridized carbons (Fsp3) is 0.143. The van der Waals surface area contributed by atoms with E-state index < -0.39 is 17.3 Å². The van der Waals surface area contributed by atoms with Crippen molar-refractivity contribution in [2.24, 2.45) is 0 Å². The Morgan fingerprint density at radius 2 is 2.05 bits per heavy atom. The summed E-state index contributed by atoms with van der Waals surface area (Å²) in [7, 11) is 0. The minimum absolute atomic E-state index is 0.0173. The van der Waals surface area contributed by atoms with Gasteiger partial charge in [-0.15, -0.1) is 11.3 Å². The van der Waals surface area contributed by atoms with Crippen LogP contribution in [0, 0.1) is 0 Å². The number of halogens is 3. The van der Waals surface area contributed by atoms with Crippen molar-refractivity contribution in [3.8, 4) is 10.6 Å². The van der Waals surface area contributed by atoms with Crippen molar-refractivity contribution in [1.82, 2.24) is 9.55 Å². The van der Waals surface area contributed by atoms with Crippen molar-refractivity contribution in [1.29, 1.82) is 0 Å². The molecule has 0 spiro atoms. The lowest BCUT2D eigenvalue weighted by Gasteiger charge is -2.09. The highest BCUT2D eigenvalue weighted by Gasteiger charge is 2.34. The zero-order valence-electron chi connectivity index (χ0n) is 11.0. The first-order valence-corrected chi connectivity index (χ1v) is 8.01. The van der Waals surface area contributed by atoms with E-state index in [4.69, 9.17) is 0 Å². The van der Waals surface area contributed by atoms with Crippen molar-refractivity contribution < 1.29 is 13.2 Å². The minimum Gasteiger partial charge on any atom is -0.309 e. The van der Waals surface area contributed by atoms with Gasteiger partial charge < -0.3 is 4.57 Å². The molecule has 0 bridgehead atoms. The van der Waals surface area contributed by atoms with E-state index >= 15 is 0 Å². The predicted molar refractivity (Wildman–Crippen MR) is 80.2 cm³/mol. The smallest absolute Gasteiger partial charge is 0.309 e. The normalized spacial score (nSPS) is 11.8. The molecule has 0 aliphatic carbocycles. The molecule has 3 nitrogen and oxygen atoms in total. The molecule has 0 saturated heterocycles. The summed E-state index contributed by atoms with van der Waals surface area (Å²) in [6, 6.07) is 3.93. The Morgan fingerprint density at radius 3 is 2.73 bits per heavy atom. The number of thiophene rings is 1. The molecule has 0 atom stereocenters. The first kappa shape index (κ1) is 15.0. The second-order valence-electron chi connectivity index (χ2n) is 4.51. The third-order valence-corrected chi connectivity index (χ3v) is 4.60. The van der Waals surface area contributed by atoms with E-state index in [0.717, 1.165) is 21.2 Å². The molecular formula is C14H9F3N2OS2. The fourth-order valence-corrected chi connectivity index (χ4v) is 3.47. The Bertz CT molecular complexity index is 834. The summed E-state index contributed by atoms with van der Waals surface area (Å²) in [6.45, 7) is 0.0173. The SMILES string of the molecule is O=c1c(C(F)(F)F)cccn1Cc1csc(-c2ccsc2)n1. The molecule has 114 valence electrons. The maximum absolute atomic E-state index is 12.7. The summed E-state index contributed by atoms with van der Waals surface area (Å²) < 4.78 is 39.2. The van der Waals surface area contributed by atoms with Gasteiger partial charge in [0.15, 0.2) is 0 Å². The molecule has 0 radical (unpaired) electrons. The number of nitrogens with zero attached hydrogens (tertiary/aromatic N) is 2. The number of thiazole rings is 1. The molecule has 3 heterocycles. The minimum atomic E-state index is -4.65. The Kier molecular flexibility index (Phi) is 3.88. The van der Waals surface area contributed by atoms with Gasteiger partial charge in [-0.25, -0.2) is 4.98 Å². The molecule has 0 fully saturated rings. The van der Waals surface area contributed by atoms with Crippen LogP contribution in [0.5, 0.6) is 0 Å². The van der Waals surface area contributed by atoms with Crippen molar-refractivity contribution >= 4 is 22.7 Å². The van der Waals surface area contributed by atoms with Gasteiger partial charge in [0.1, 0.15) is 10.6 Å². The Morgan fingerprint density at radius 1 is 1.23 bits per heavy atom. The highest BCUT2D eigenvalue weighted by molar-refractivity contribution is 7.14. The van der Waals surface area contributed by atoms with E-state index in [1.165, 1.54) is 23.6 Å². The second-order valence-corrected chi connectivity index (χ2v) is 6.15. The van der Waals surface area contributed by atoms with Gasteiger partial charge in [0, 0.05) is 22.5 Å². The molecule has 22 heavy (non-hydrogen) atoms. The number of alkyl halides is 3. The lowest BCUT2D eigenvalue weighted by Crippen LogP contribution is -2.28. The lowest BCUT2D eigenvalue weighted by molar-refractivity contribution is -0.138. The molecule has 0 unspecified atom stereocenters. The highest BCUT2D eigenvalue weighted by atomic mass is 32.1. The summed E-state index contributed by atoms with van der Waals surface area (Å²) in [6.07, 6.45) is -3.31. The molecule has 0 saturated carbocycles. The van der Waals surface area contributed by atoms with Gasteiger partial charge in [0.2, 0.25) is 0 Å². The van der Waals surface area contributed by atoms with E-state index in [1.807, 2.05) is 16.8 Å². The van der Waals surface area contributed by atoms with Crippen LogP contribution in [0.15, 0.2) is 45.3 Å². The maximum Gasteiger partial charge on any atom is 0.421 e. The van der Waals surface area contributed by atoms with Crippen molar-refractivity contribution in [3.05, 3.63) is 62.1 Å². The van der Waals surface area contributed by atoms with Crippen LogP contribution in [0.2, 0.25) is 0 Å². The Hall–Kier alpha value is -1.93. The molecule has 0 amide bonds. The predicted octanol–water partition coefficient (Wildman–Crippen LogP) is 4.10. The average molecular weight is 342 g/mol. The molecule has 0 aliphatic rings. The first-order valence-electron chi connectivity index (χ1n) is 6.19. The standard InChI is InChI=1S/C14H9F3N2OS2/c15-14(16,17)11-2-1-4-19(13(11)20)6-10-8-22-12(18-10)9-3-5-21-7-9/h1-5,7-8H,6H2. The van der Waals surface area contributed by atoms with Gasteiger partial charge in [-0.2, -0.15) is 24.5 Å². The van der Waals surface area contributed by atoms with E-state index in [0.29, 0.717) is 5.69 Å². The van der Waals surface area contributed by atoms with Crippen molar-refractivity contribution in [2.75, 3.05) is 0 Å². The van der Waals surface area contributed by atoms with Crippen LogP contribution in [0.3, 0.4) is 0 Å². The molecule has 0 aromatic carbocycles. The van der Waals surface area contributed by atoms with Gasteiger partial charge in [-0.1, -0.05) is 0 Å². The fourth-order valence-electron chi connectivity index (χ4n) is 1.95. The monoisotopic (exact) mass is 342 g/mol. The van der Waals surface area contributed by atoms with Gasteiger partial charge in [-0.3, -0.25) is 4.79 Å². The van der Waals surface area contributed by atoms with Gasteiger partial charge in [0.05, 0.1) is 12.2 Å². The molecule has 3 aromatic rings. The van der Waals surface area contributed by atoms with Crippen LogP contribution in [0.4, 0.5) is 13.2 Å². The highest BCUT2D eigenvalue weighted by Crippen LogP contribution is 2.27.